The zero-order chi connectivity index (χ0) is 16.7. The van der Waals surface area contributed by atoms with Gasteiger partial charge in [0.05, 0.1) is 12.6 Å². The Morgan fingerprint density at radius 1 is 1.38 bits per heavy atom. The number of carbonyl (C=O) groups is 1. The molecule has 0 radical (unpaired) electrons. The van der Waals surface area contributed by atoms with Crippen molar-refractivity contribution in [1.29, 1.82) is 0 Å². The number of aryl methyl sites for hydroxylation is 1. The van der Waals surface area contributed by atoms with Crippen molar-refractivity contribution in [2.24, 2.45) is 5.92 Å². The van der Waals surface area contributed by atoms with Crippen molar-refractivity contribution in [2.75, 3.05) is 26.7 Å². The molecule has 1 N–H and O–H groups in total. The number of rotatable bonds is 4. The Labute approximate surface area is 141 Å². The zero-order valence-electron chi connectivity index (χ0n) is 14.3. The number of ether oxygens (including phenoxy) is 1. The highest BCUT2D eigenvalue weighted by molar-refractivity contribution is 6.05. The molecule has 2 aromatic rings. The highest BCUT2D eigenvalue weighted by Crippen LogP contribution is 2.28. The minimum atomic E-state index is -0.0592. The average molecular weight is 328 g/mol. The lowest BCUT2D eigenvalue weighted by atomic mass is 9.84. The second-order valence-electron chi connectivity index (χ2n) is 6.77. The monoisotopic (exact) mass is 328 g/mol. The quantitative estimate of drug-likeness (QED) is 0.931. The Morgan fingerprint density at radius 3 is 2.79 bits per heavy atom. The normalized spacial score (nSPS) is 25.8. The van der Waals surface area contributed by atoms with Gasteiger partial charge in [-0.1, -0.05) is 0 Å². The molecule has 5 rings (SSSR count). The molecule has 0 saturated carbocycles. The van der Waals surface area contributed by atoms with Crippen LogP contribution in [0.1, 0.15) is 30.3 Å². The van der Waals surface area contributed by atoms with Crippen LogP contribution < -0.4 is 10.1 Å². The van der Waals surface area contributed by atoms with Gasteiger partial charge in [0.25, 0.3) is 5.91 Å². The summed E-state index contributed by atoms with van der Waals surface area (Å²) in [4.78, 5) is 15.3. The van der Waals surface area contributed by atoms with Gasteiger partial charge in [-0.15, -0.1) is 0 Å². The first-order valence-corrected chi connectivity index (χ1v) is 8.77. The number of benzene rings is 1. The van der Waals surface area contributed by atoms with Gasteiger partial charge in [-0.25, -0.2) is 0 Å². The number of fused-ring (bicyclic) bond motifs is 4. The van der Waals surface area contributed by atoms with E-state index in [2.05, 4.69) is 15.3 Å². The molecule has 1 aromatic heterocycles. The fourth-order valence-electron chi connectivity index (χ4n) is 4.05. The van der Waals surface area contributed by atoms with Crippen LogP contribution >= 0.6 is 0 Å². The number of amides is 1. The number of nitrogens with zero attached hydrogens (tertiary/aromatic N) is 3. The van der Waals surface area contributed by atoms with Gasteiger partial charge in [0.15, 0.2) is 5.69 Å². The molecule has 0 spiro atoms. The van der Waals surface area contributed by atoms with Crippen molar-refractivity contribution in [3.63, 3.8) is 0 Å². The smallest absolute Gasteiger partial charge is 0.272 e. The highest BCUT2D eigenvalue weighted by Gasteiger charge is 2.35. The first-order chi connectivity index (χ1) is 11.7. The van der Waals surface area contributed by atoms with Crippen molar-refractivity contribution in [3.05, 3.63) is 23.9 Å². The fourth-order valence-corrected chi connectivity index (χ4v) is 4.05. The van der Waals surface area contributed by atoms with E-state index in [1.807, 2.05) is 29.8 Å². The Morgan fingerprint density at radius 2 is 2.17 bits per heavy atom. The largest absolute Gasteiger partial charge is 0.497 e. The van der Waals surface area contributed by atoms with Crippen LogP contribution in [0.4, 0.5) is 0 Å². The van der Waals surface area contributed by atoms with Crippen molar-refractivity contribution in [1.82, 2.24) is 20.0 Å². The van der Waals surface area contributed by atoms with E-state index >= 15 is 0 Å². The van der Waals surface area contributed by atoms with E-state index in [4.69, 9.17) is 4.74 Å². The van der Waals surface area contributed by atoms with Crippen LogP contribution in [0, 0.1) is 5.92 Å². The van der Waals surface area contributed by atoms with Crippen LogP contribution in [-0.4, -0.2) is 53.4 Å². The maximum Gasteiger partial charge on any atom is 0.272 e. The molecule has 1 atom stereocenters. The predicted octanol–water partition coefficient (Wildman–Crippen LogP) is 1.89. The van der Waals surface area contributed by atoms with E-state index in [0.29, 0.717) is 11.6 Å². The summed E-state index contributed by atoms with van der Waals surface area (Å²) in [5.41, 5.74) is 1.46. The van der Waals surface area contributed by atoms with Gasteiger partial charge in [0.1, 0.15) is 5.75 Å². The number of aromatic nitrogens is 2. The Hall–Kier alpha value is -2.08. The average Bonchev–Trinajstić information content (AvgIpc) is 3.00. The SMILES string of the molecule is CCn1nc(C(=O)N[C@H]2CN3CCC2CC3)c2ccc(OC)cc21. The number of carbonyl (C=O) groups excluding carboxylic acids is 1. The molecule has 3 fully saturated rings. The molecular formula is C18H24N4O2. The Bertz CT molecular complexity index is 762. The molecule has 2 bridgehead atoms. The predicted molar refractivity (Wildman–Crippen MR) is 92.4 cm³/mol. The van der Waals surface area contributed by atoms with E-state index < -0.39 is 0 Å². The van der Waals surface area contributed by atoms with Crippen LogP contribution in [0.25, 0.3) is 10.9 Å². The Balaban J connectivity index is 1.62. The summed E-state index contributed by atoms with van der Waals surface area (Å²) < 4.78 is 7.16. The van der Waals surface area contributed by atoms with Gasteiger partial charge in [0.2, 0.25) is 0 Å². The summed E-state index contributed by atoms with van der Waals surface area (Å²) in [5.74, 6) is 1.33. The van der Waals surface area contributed by atoms with Crippen LogP contribution in [0.3, 0.4) is 0 Å². The van der Waals surface area contributed by atoms with Crippen LogP contribution in [0.15, 0.2) is 18.2 Å². The molecule has 3 aliphatic rings. The van der Waals surface area contributed by atoms with Crippen LogP contribution in [-0.2, 0) is 6.54 Å². The van der Waals surface area contributed by atoms with E-state index in [1.165, 1.54) is 25.9 Å². The number of hydrogen-bond donors (Lipinski definition) is 1. The molecule has 3 aliphatic heterocycles. The summed E-state index contributed by atoms with van der Waals surface area (Å²) in [5, 5.41) is 8.67. The lowest BCUT2D eigenvalue weighted by Crippen LogP contribution is -2.57. The highest BCUT2D eigenvalue weighted by atomic mass is 16.5. The second kappa shape index (κ2) is 6.09. The third kappa shape index (κ3) is 2.55. The van der Waals surface area contributed by atoms with Gasteiger partial charge >= 0.3 is 0 Å². The van der Waals surface area contributed by atoms with Crippen molar-refractivity contribution >= 4 is 16.8 Å². The molecule has 3 saturated heterocycles. The van der Waals surface area contributed by atoms with E-state index in [0.717, 1.165) is 29.7 Å². The minimum absolute atomic E-state index is 0.0592. The molecule has 24 heavy (non-hydrogen) atoms. The molecule has 1 amide bonds. The molecule has 6 heteroatoms. The van der Waals surface area contributed by atoms with Crippen molar-refractivity contribution in [2.45, 2.75) is 32.4 Å². The first kappa shape index (κ1) is 15.4. The maximum atomic E-state index is 12.9. The molecule has 1 aromatic carbocycles. The summed E-state index contributed by atoms with van der Waals surface area (Å²) >= 11 is 0. The first-order valence-electron chi connectivity index (χ1n) is 8.77. The van der Waals surface area contributed by atoms with Crippen molar-refractivity contribution < 1.29 is 9.53 Å². The zero-order valence-corrected chi connectivity index (χ0v) is 14.3. The topological polar surface area (TPSA) is 59.4 Å². The fraction of sp³-hybridized carbons (Fsp3) is 0.556. The second-order valence-corrected chi connectivity index (χ2v) is 6.77. The number of hydrogen-bond acceptors (Lipinski definition) is 4. The molecular weight excluding hydrogens is 304 g/mol. The molecule has 6 nitrogen and oxygen atoms in total. The van der Waals surface area contributed by atoms with Gasteiger partial charge in [-0.3, -0.25) is 9.48 Å². The van der Waals surface area contributed by atoms with Gasteiger partial charge in [-0.2, -0.15) is 5.10 Å². The molecule has 4 heterocycles. The third-order valence-corrected chi connectivity index (χ3v) is 5.45. The van der Waals surface area contributed by atoms with Gasteiger partial charge in [0, 0.05) is 30.6 Å². The van der Waals surface area contributed by atoms with E-state index in [1.54, 1.807) is 7.11 Å². The third-order valence-electron chi connectivity index (χ3n) is 5.45. The van der Waals surface area contributed by atoms with E-state index in [-0.39, 0.29) is 11.9 Å². The van der Waals surface area contributed by atoms with Crippen molar-refractivity contribution in [3.8, 4) is 5.75 Å². The Kier molecular flexibility index (Phi) is 3.92. The molecule has 0 aliphatic carbocycles. The summed E-state index contributed by atoms with van der Waals surface area (Å²) in [7, 11) is 1.65. The summed E-state index contributed by atoms with van der Waals surface area (Å²) in [6.45, 7) is 6.06. The minimum Gasteiger partial charge on any atom is -0.497 e. The standard InChI is InChI=1S/C18H24N4O2/c1-3-22-16-10-13(24-2)4-5-14(16)17(20-22)18(23)19-15-11-21-8-6-12(15)7-9-21/h4-5,10,12,15H,3,6-9,11H2,1-2H3,(H,19,23)/t15-/m0/s1. The lowest BCUT2D eigenvalue weighted by molar-refractivity contribution is 0.0618. The molecule has 128 valence electrons. The van der Waals surface area contributed by atoms with Crippen LogP contribution in [0.2, 0.25) is 0 Å². The van der Waals surface area contributed by atoms with Crippen LogP contribution in [0.5, 0.6) is 5.75 Å². The molecule has 0 unspecified atom stereocenters. The maximum absolute atomic E-state index is 12.9. The van der Waals surface area contributed by atoms with Gasteiger partial charge in [-0.05, 0) is 50.9 Å². The summed E-state index contributed by atoms with van der Waals surface area (Å²) in [6.07, 6.45) is 2.37. The lowest BCUT2D eigenvalue weighted by Gasteiger charge is -2.44. The number of piperidine rings is 3. The number of methoxy groups -OCH3 is 1. The van der Waals surface area contributed by atoms with Gasteiger partial charge < -0.3 is 15.0 Å². The summed E-state index contributed by atoms with van der Waals surface area (Å²) in [6, 6.07) is 6.00. The van der Waals surface area contributed by atoms with E-state index in [9.17, 15) is 4.79 Å². The number of nitrogens with one attached hydrogen (secondary N) is 1.